The van der Waals surface area contributed by atoms with Gasteiger partial charge < -0.3 is 10.3 Å². The van der Waals surface area contributed by atoms with Gasteiger partial charge in [0.15, 0.2) is 0 Å². The normalized spacial score (nSPS) is 10.3. The maximum atomic E-state index is 11.8. The molecule has 2 N–H and O–H groups in total. The molecule has 0 saturated heterocycles. The summed E-state index contributed by atoms with van der Waals surface area (Å²) in [5.41, 5.74) is 1.16. The van der Waals surface area contributed by atoms with Gasteiger partial charge in [0.1, 0.15) is 5.69 Å². The van der Waals surface area contributed by atoms with Gasteiger partial charge in [0, 0.05) is 20.2 Å². The molecule has 0 saturated carbocycles. The Labute approximate surface area is 120 Å². The number of aromatic nitrogens is 1. The Hall–Kier alpha value is -0.780. The van der Waals surface area contributed by atoms with Crippen LogP contribution in [0, 0.1) is 0 Å². The lowest BCUT2D eigenvalue weighted by atomic mass is 10.3. The number of carbonyl (C=O) groups excluding carboxylic acids is 1. The van der Waals surface area contributed by atoms with Crippen LogP contribution in [0.4, 0.5) is 5.69 Å². The molecular weight excluding hydrogens is 371 g/mol. The summed E-state index contributed by atoms with van der Waals surface area (Å²) >= 11 is 12.4. The second kappa shape index (κ2) is 5.25. The van der Waals surface area contributed by atoms with E-state index in [2.05, 4.69) is 42.2 Å². The molecule has 1 aromatic heterocycles. The van der Waals surface area contributed by atoms with Crippen molar-refractivity contribution in [1.29, 1.82) is 0 Å². The van der Waals surface area contributed by atoms with E-state index in [4.69, 9.17) is 11.6 Å². The molecule has 88 valence electrons. The first-order chi connectivity index (χ1) is 8.06. The molecule has 0 unspecified atom stereocenters. The van der Waals surface area contributed by atoms with Crippen molar-refractivity contribution in [2.24, 2.45) is 0 Å². The van der Waals surface area contributed by atoms with Gasteiger partial charge in [0.25, 0.3) is 5.91 Å². The van der Waals surface area contributed by atoms with E-state index in [1.807, 2.05) is 0 Å². The molecule has 1 amide bonds. The summed E-state index contributed by atoms with van der Waals surface area (Å²) in [7, 11) is 0. The molecule has 0 radical (unpaired) electrons. The Kier molecular flexibility index (Phi) is 3.91. The lowest BCUT2D eigenvalue weighted by Crippen LogP contribution is -2.12. The van der Waals surface area contributed by atoms with Gasteiger partial charge in [-0.05, 0) is 56.1 Å². The van der Waals surface area contributed by atoms with Gasteiger partial charge in [-0.15, -0.1) is 0 Å². The Morgan fingerprint density at radius 3 is 2.65 bits per heavy atom. The highest BCUT2D eigenvalue weighted by atomic mass is 79.9. The van der Waals surface area contributed by atoms with Crippen LogP contribution in [0.25, 0.3) is 0 Å². The fraction of sp³-hybridized carbons (Fsp3) is 0. The number of hydrogen-bond acceptors (Lipinski definition) is 1. The third-order valence-electron chi connectivity index (χ3n) is 2.07. The van der Waals surface area contributed by atoms with Crippen LogP contribution in [-0.4, -0.2) is 10.9 Å². The van der Waals surface area contributed by atoms with Crippen molar-refractivity contribution >= 4 is 55.1 Å². The van der Waals surface area contributed by atoms with Gasteiger partial charge in [-0.3, -0.25) is 4.79 Å². The third kappa shape index (κ3) is 3.12. The minimum absolute atomic E-state index is 0.210. The first-order valence-corrected chi connectivity index (χ1v) is 6.63. The van der Waals surface area contributed by atoms with Crippen LogP contribution in [0.2, 0.25) is 5.02 Å². The highest BCUT2D eigenvalue weighted by Gasteiger charge is 2.10. The fourth-order valence-electron chi connectivity index (χ4n) is 1.28. The summed E-state index contributed by atoms with van der Waals surface area (Å²) in [6, 6.07) is 6.88. The molecule has 1 aromatic carbocycles. The van der Waals surface area contributed by atoms with Crippen molar-refractivity contribution in [3.8, 4) is 0 Å². The second-order valence-electron chi connectivity index (χ2n) is 3.31. The van der Waals surface area contributed by atoms with E-state index >= 15 is 0 Å². The number of anilines is 1. The average Bonchev–Trinajstić information content (AvgIpc) is 2.69. The summed E-state index contributed by atoms with van der Waals surface area (Å²) < 4.78 is 1.57. The summed E-state index contributed by atoms with van der Waals surface area (Å²) in [6.45, 7) is 0. The topological polar surface area (TPSA) is 44.9 Å². The van der Waals surface area contributed by atoms with Crippen molar-refractivity contribution in [2.45, 2.75) is 0 Å². The van der Waals surface area contributed by atoms with Gasteiger partial charge in [0.2, 0.25) is 0 Å². The van der Waals surface area contributed by atoms with Crippen LogP contribution in [0.5, 0.6) is 0 Å². The third-order valence-corrected chi connectivity index (χ3v) is 3.42. The summed E-state index contributed by atoms with van der Waals surface area (Å²) in [5, 5.41) is 3.38. The molecule has 1 heterocycles. The van der Waals surface area contributed by atoms with Gasteiger partial charge in [-0.1, -0.05) is 11.6 Å². The molecule has 0 atom stereocenters. The molecule has 0 aliphatic heterocycles. The Morgan fingerprint density at radius 1 is 1.29 bits per heavy atom. The Bertz CT molecular complexity index is 568. The molecule has 3 nitrogen and oxygen atoms in total. The predicted octanol–water partition coefficient (Wildman–Crippen LogP) is 4.45. The SMILES string of the molecule is O=C(Nc1ccc(Cl)cc1Br)c1cc(Br)c[nH]1. The van der Waals surface area contributed by atoms with Crippen molar-refractivity contribution in [3.05, 3.63) is 50.1 Å². The maximum absolute atomic E-state index is 11.8. The standard InChI is InChI=1S/C11H7Br2ClN2O/c12-6-3-10(15-5-6)11(17)16-9-2-1-7(14)4-8(9)13/h1-5,15H,(H,16,17). The molecule has 0 aliphatic carbocycles. The molecular formula is C11H7Br2ClN2O. The van der Waals surface area contributed by atoms with E-state index in [0.717, 1.165) is 8.95 Å². The number of nitrogens with one attached hydrogen (secondary N) is 2. The van der Waals surface area contributed by atoms with E-state index in [-0.39, 0.29) is 5.91 Å². The highest BCUT2D eigenvalue weighted by Crippen LogP contribution is 2.26. The predicted molar refractivity (Wildman–Crippen MR) is 75.6 cm³/mol. The lowest BCUT2D eigenvalue weighted by molar-refractivity contribution is 0.102. The first kappa shape index (κ1) is 12.7. The van der Waals surface area contributed by atoms with Crippen LogP contribution >= 0.6 is 43.5 Å². The summed E-state index contributed by atoms with van der Waals surface area (Å²) in [4.78, 5) is 14.7. The number of benzene rings is 1. The van der Waals surface area contributed by atoms with E-state index in [1.165, 1.54) is 0 Å². The van der Waals surface area contributed by atoms with Crippen molar-refractivity contribution in [3.63, 3.8) is 0 Å². The van der Waals surface area contributed by atoms with E-state index in [0.29, 0.717) is 16.4 Å². The van der Waals surface area contributed by atoms with Crippen LogP contribution < -0.4 is 5.32 Å². The second-order valence-corrected chi connectivity index (χ2v) is 5.52. The molecule has 0 bridgehead atoms. The number of halogens is 3. The highest BCUT2D eigenvalue weighted by molar-refractivity contribution is 9.10. The van der Waals surface area contributed by atoms with Crippen LogP contribution in [-0.2, 0) is 0 Å². The average molecular weight is 378 g/mol. The molecule has 0 aliphatic rings. The number of carbonyl (C=O) groups is 1. The molecule has 17 heavy (non-hydrogen) atoms. The Balaban J connectivity index is 2.18. The van der Waals surface area contributed by atoms with Gasteiger partial charge in [-0.2, -0.15) is 0 Å². The number of rotatable bonds is 2. The zero-order chi connectivity index (χ0) is 12.4. The van der Waals surface area contributed by atoms with Crippen LogP contribution in [0.1, 0.15) is 10.5 Å². The lowest BCUT2D eigenvalue weighted by Gasteiger charge is -2.06. The number of hydrogen-bond donors (Lipinski definition) is 2. The summed E-state index contributed by atoms with van der Waals surface area (Å²) in [5.74, 6) is -0.210. The number of amides is 1. The van der Waals surface area contributed by atoms with Gasteiger partial charge in [0.05, 0.1) is 5.69 Å². The minimum atomic E-state index is -0.210. The Morgan fingerprint density at radius 2 is 2.06 bits per heavy atom. The van der Waals surface area contributed by atoms with Crippen LogP contribution in [0.15, 0.2) is 39.4 Å². The maximum Gasteiger partial charge on any atom is 0.272 e. The minimum Gasteiger partial charge on any atom is -0.356 e. The molecule has 2 aromatic rings. The largest absolute Gasteiger partial charge is 0.356 e. The quantitative estimate of drug-likeness (QED) is 0.797. The van der Waals surface area contributed by atoms with Gasteiger partial charge in [-0.25, -0.2) is 0 Å². The molecule has 2 rings (SSSR count). The molecule has 0 spiro atoms. The fourth-order valence-corrected chi connectivity index (χ4v) is 2.40. The van der Waals surface area contributed by atoms with E-state index in [1.54, 1.807) is 30.5 Å². The van der Waals surface area contributed by atoms with Crippen LogP contribution in [0.3, 0.4) is 0 Å². The van der Waals surface area contributed by atoms with E-state index in [9.17, 15) is 4.79 Å². The smallest absolute Gasteiger partial charge is 0.272 e. The molecule has 6 heteroatoms. The monoisotopic (exact) mass is 376 g/mol. The molecule has 0 fully saturated rings. The van der Waals surface area contributed by atoms with Crippen molar-refractivity contribution < 1.29 is 4.79 Å². The number of aromatic amines is 1. The zero-order valence-corrected chi connectivity index (χ0v) is 12.4. The zero-order valence-electron chi connectivity index (χ0n) is 8.43. The van der Waals surface area contributed by atoms with Gasteiger partial charge >= 0.3 is 0 Å². The van der Waals surface area contributed by atoms with Crippen molar-refractivity contribution in [1.82, 2.24) is 4.98 Å². The number of H-pyrrole nitrogens is 1. The summed E-state index contributed by atoms with van der Waals surface area (Å²) in [6.07, 6.45) is 1.70. The van der Waals surface area contributed by atoms with E-state index < -0.39 is 0 Å². The van der Waals surface area contributed by atoms with Crippen molar-refractivity contribution in [2.75, 3.05) is 5.32 Å². The first-order valence-electron chi connectivity index (χ1n) is 4.66.